The van der Waals surface area contributed by atoms with Crippen LogP contribution >= 0.6 is 15.9 Å². The Bertz CT molecular complexity index is 924. The highest BCUT2D eigenvalue weighted by molar-refractivity contribution is 9.10. The predicted octanol–water partition coefficient (Wildman–Crippen LogP) is 3.17. The maximum atomic E-state index is 12.4. The summed E-state index contributed by atoms with van der Waals surface area (Å²) in [5, 5.41) is 2.89. The maximum Gasteiger partial charge on any atom is 0.255 e. The molecule has 1 amide bonds. The molecule has 0 saturated carbocycles. The molecule has 150 valence electrons. The van der Waals surface area contributed by atoms with Crippen LogP contribution in [0.4, 0.5) is 5.69 Å². The average Bonchev–Trinajstić information content (AvgIpc) is 2.70. The molecule has 2 aromatic carbocycles. The van der Waals surface area contributed by atoms with Crippen LogP contribution in [0.15, 0.2) is 53.0 Å². The molecule has 0 unspecified atom stereocenters. The number of carbonyl (C=O) groups excluding carboxylic acids is 1. The maximum absolute atomic E-state index is 12.4. The molecule has 1 aliphatic rings. The number of hydrogen-bond acceptors (Lipinski definition) is 4. The smallest absolute Gasteiger partial charge is 0.255 e. The first kappa shape index (κ1) is 21.0. The Kier molecular flexibility index (Phi) is 6.87. The summed E-state index contributed by atoms with van der Waals surface area (Å²) in [6, 6.07) is 15.0. The summed E-state index contributed by atoms with van der Waals surface area (Å²) in [5.41, 5.74) is 2.43. The number of nitrogens with zero attached hydrogens (tertiary/aromatic N) is 2. The minimum Gasteiger partial charge on any atom is -0.321 e. The molecule has 0 atom stereocenters. The summed E-state index contributed by atoms with van der Waals surface area (Å²) in [5.74, 6) is -0.00682. The number of para-hydroxylation sites is 1. The third-order valence-corrected chi connectivity index (χ3v) is 7.41. The van der Waals surface area contributed by atoms with Gasteiger partial charge in [-0.1, -0.05) is 24.3 Å². The van der Waals surface area contributed by atoms with Gasteiger partial charge in [0.25, 0.3) is 5.91 Å². The third kappa shape index (κ3) is 5.20. The number of amides is 1. The number of rotatable bonds is 6. The number of sulfonamides is 1. The van der Waals surface area contributed by atoms with Gasteiger partial charge < -0.3 is 5.32 Å². The van der Waals surface area contributed by atoms with E-state index in [0.29, 0.717) is 31.7 Å². The second-order valence-electron chi connectivity index (χ2n) is 6.71. The van der Waals surface area contributed by atoms with E-state index in [-0.39, 0.29) is 11.7 Å². The zero-order valence-electron chi connectivity index (χ0n) is 15.8. The third-order valence-electron chi connectivity index (χ3n) is 4.83. The molecule has 0 spiro atoms. The molecule has 1 saturated heterocycles. The highest BCUT2D eigenvalue weighted by atomic mass is 79.9. The van der Waals surface area contributed by atoms with Gasteiger partial charge >= 0.3 is 0 Å². The van der Waals surface area contributed by atoms with Crippen molar-refractivity contribution in [3.05, 3.63) is 64.1 Å². The number of halogens is 1. The van der Waals surface area contributed by atoms with Gasteiger partial charge in [0.1, 0.15) is 0 Å². The first-order chi connectivity index (χ1) is 13.4. The number of carbonyl (C=O) groups is 1. The Morgan fingerprint density at radius 2 is 1.68 bits per heavy atom. The van der Waals surface area contributed by atoms with Crippen LogP contribution < -0.4 is 5.32 Å². The Morgan fingerprint density at radius 3 is 2.29 bits per heavy atom. The lowest BCUT2D eigenvalue weighted by molar-refractivity contribution is 0.102. The molecule has 1 heterocycles. The highest BCUT2D eigenvalue weighted by Gasteiger charge is 2.25. The first-order valence-electron chi connectivity index (χ1n) is 9.24. The second kappa shape index (κ2) is 9.17. The molecule has 6 nitrogen and oxygen atoms in total. The van der Waals surface area contributed by atoms with Gasteiger partial charge in [0.2, 0.25) is 10.0 Å². The van der Waals surface area contributed by atoms with E-state index in [9.17, 15) is 13.2 Å². The summed E-state index contributed by atoms with van der Waals surface area (Å²) < 4.78 is 26.3. The number of hydrogen-bond donors (Lipinski definition) is 1. The number of anilines is 1. The number of nitrogens with one attached hydrogen (secondary N) is 1. The van der Waals surface area contributed by atoms with Crippen molar-refractivity contribution >= 4 is 37.5 Å². The number of piperazine rings is 1. The molecule has 1 N–H and O–H groups in total. The lowest BCUT2D eigenvalue weighted by Crippen LogP contribution is -2.48. The van der Waals surface area contributed by atoms with Crippen molar-refractivity contribution in [1.29, 1.82) is 0 Å². The van der Waals surface area contributed by atoms with Crippen LogP contribution in [0, 0.1) is 0 Å². The molecule has 2 aromatic rings. The van der Waals surface area contributed by atoms with Crippen molar-refractivity contribution in [2.45, 2.75) is 13.5 Å². The normalized spacial score (nSPS) is 16.1. The molecule has 0 radical (unpaired) electrons. The fourth-order valence-corrected chi connectivity index (χ4v) is 4.59. The summed E-state index contributed by atoms with van der Waals surface area (Å²) in [4.78, 5) is 14.7. The fraction of sp³-hybridized carbons (Fsp3) is 0.350. The molecule has 3 rings (SSSR count). The van der Waals surface area contributed by atoms with Crippen molar-refractivity contribution < 1.29 is 13.2 Å². The minimum atomic E-state index is -3.10. The lowest BCUT2D eigenvalue weighted by atomic mass is 10.1. The molecular weight excluding hydrogens is 442 g/mol. The van der Waals surface area contributed by atoms with Gasteiger partial charge in [-0.15, -0.1) is 0 Å². The molecule has 0 aliphatic carbocycles. The summed E-state index contributed by atoms with van der Waals surface area (Å²) >= 11 is 3.42. The molecule has 0 bridgehead atoms. The van der Waals surface area contributed by atoms with Crippen molar-refractivity contribution in [2.24, 2.45) is 0 Å². The van der Waals surface area contributed by atoms with Crippen molar-refractivity contribution in [3.8, 4) is 0 Å². The van der Waals surface area contributed by atoms with Gasteiger partial charge in [-0.2, -0.15) is 4.31 Å². The van der Waals surface area contributed by atoms with E-state index in [4.69, 9.17) is 0 Å². The van der Waals surface area contributed by atoms with Gasteiger partial charge in [-0.25, -0.2) is 8.42 Å². The Hall–Kier alpha value is -1.74. The Morgan fingerprint density at radius 1 is 1.04 bits per heavy atom. The summed E-state index contributed by atoms with van der Waals surface area (Å²) in [6.07, 6.45) is 0. The monoisotopic (exact) mass is 465 g/mol. The Balaban J connectivity index is 1.55. The fourth-order valence-electron chi connectivity index (χ4n) is 3.13. The van der Waals surface area contributed by atoms with Gasteiger partial charge in [0.15, 0.2) is 0 Å². The minimum absolute atomic E-state index is 0.149. The first-order valence-corrected chi connectivity index (χ1v) is 11.6. The zero-order chi connectivity index (χ0) is 20.1. The van der Waals surface area contributed by atoms with E-state index in [1.165, 1.54) is 0 Å². The van der Waals surface area contributed by atoms with Crippen molar-refractivity contribution in [2.75, 3.05) is 37.2 Å². The summed E-state index contributed by atoms with van der Waals surface area (Å²) in [7, 11) is -3.10. The van der Waals surface area contributed by atoms with Gasteiger partial charge in [0, 0.05) is 42.8 Å². The van der Waals surface area contributed by atoms with E-state index < -0.39 is 10.0 Å². The van der Waals surface area contributed by atoms with Crippen LogP contribution in [0.1, 0.15) is 22.8 Å². The van der Waals surface area contributed by atoms with E-state index in [1.807, 2.05) is 48.5 Å². The molecule has 0 aromatic heterocycles. The quantitative estimate of drug-likeness (QED) is 0.710. The van der Waals surface area contributed by atoms with Crippen LogP contribution in [0.5, 0.6) is 0 Å². The molecular formula is C20H24BrN3O3S. The van der Waals surface area contributed by atoms with Crippen LogP contribution in [0.25, 0.3) is 0 Å². The van der Waals surface area contributed by atoms with Crippen LogP contribution in [0.2, 0.25) is 0 Å². The molecule has 8 heteroatoms. The van der Waals surface area contributed by atoms with Gasteiger partial charge in [0.05, 0.1) is 11.4 Å². The van der Waals surface area contributed by atoms with Gasteiger partial charge in [-0.3, -0.25) is 9.69 Å². The van der Waals surface area contributed by atoms with E-state index in [2.05, 4.69) is 26.1 Å². The molecule has 28 heavy (non-hydrogen) atoms. The highest BCUT2D eigenvalue weighted by Crippen LogP contribution is 2.22. The van der Waals surface area contributed by atoms with Crippen molar-refractivity contribution in [1.82, 2.24) is 9.21 Å². The average molecular weight is 466 g/mol. The number of benzene rings is 2. The molecule has 1 aliphatic heterocycles. The second-order valence-corrected chi connectivity index (χ2v) is 9.82. The topological polar surface area (TPSA) is 69.7 Å². The lowest BCUT2D eigenvalue weighted by Gasteiger charge is -2.33. The standard InChI is InChI=1S/C20H24BrN3O3S/c1-2-28(26,27)24-13-11-23(12-14-24)15-16-7-9-17(10-8-16)20(25)22-19-6-4-3-5-18(19)21/h3-10H,2,11-15H2,1H3,(H,22,25). The zero-order valence-corrected chi connectivity index (χ0v) is 18.2. The van der Waals surface area contributed by atoms with Crippen LogP contribution in [0.3, 0.4) is 0 Å². The Labute approximate surface area is 174 Å². The largest absolute Gasteiger partial charge is 0.321 e. The predicted molar refractivity (Wildman–Crippen MR) is 115 cm³/mol. The molecule has 1 fully saturated rings. The van der Waals surface area contributed by atoms with Crippen LogP contribution in [-0.4, -0.2) is 55.5 Å². The van der Waals surface area contributed by atoms with Crippen LogP contribution in [-0.2, 0) is 16.6 Å². The van der Waals surface area contributed by atoms with E-state index in [1.54, 1.807) is 11.2 Å². The summed E-state index contributed by atoms with van der Waals surface area (Å²) in [6.45, 7) is 4.90. The SMILES string of the molecule is CCS(=O)(=O)N1CCN(Cc2ccc(C(=O)Nc3ccccc3Br)cc2)CC1. The van der Waals surface area contributed by atoms with E-state index in [0.717, 1.165) is 22.3 Å². The van der Waals surface area contributed by atoms with Gasteiger partial charge in [-0.05, 0) is 52.7 Å². The van der Waals surface area contributed by atoms with Crippen molar-refractivity contribution in [3.63, 3.8) is 0 Å². The van der Waals surface area contributed by atoms with E-state index >= 15 is 0 Å².